The van der Waals surface area contributed by atoms with Crippen LogP contribution in [0.15, 0.2) is 28.7 Å². The highest BCUT2D eigenvalue weighted by atomic mass is 79.9. The van der Waals surface area contributed by atoms with E-state index >= 15 is 0 Å². The molecule has 1 aromatic carbocycles. The highest BCUT2D eigenvalue weighted by Crippen LogP contribution is 2.41. The summed E-state index contributed by atoms with van der Waals surface area (Å²) in [5, 5.41) is 3.55. The second-order valence-electron chi connectivity index (χ2n) is 6.41. The molecule has 1 N–H and O–H groups in total. The maximum Gasteiger partial charge on any atom is 0.341 e. The lowest BCUT2D eigenvalue weighted by Crippen LogP contribution is -2.17. The zero-order chi connectivity index (χ0) is 18.7. The van der Waals surface area contributed by atoms with Gasteiger partial charge in [0.1, 0.15) is 5.00 Å². The predicted octanol–water partition coefficient (Wildman–Crippen LogP) is 5.45. The van der Waals surface area contributed by atoms with Crippen molar-refractivity contribution in [2.75, 3.05) is 11.9 Å². The van der Waals surface area contributed by atoms with E-state index in [4.69, 9.17) is 4.74 Å². The number of benzene rings is 1. The first kappa shape index (κ1) is 19.1. The van der Waals surface area contributed by atoms with Crippen LogP contribution in [0.1, 0.15) is 57.8 Å². The first-order valence-corrected chi connectivity index (χ1v) is 10.5. The standard InChI is InChI=1S/C20H22BrNO3S/c1-3-12-8-9-15-16(10-12)26-19(17(15)20(24)25-4-2)22-18(23)13-6-5-7-14(21)11-13/h5-7,11-12H,3-4,8-10H2,1-2H3,(H,22,23). The first-order valence-electron chi connectivity index (χ1n) is 8.92. The number of hydrogen-bond acceptors (Lipinski definition) is 4. The van der Waals surface area contributed by atoms with Crippen molar-refractivity contribution in [3.05, 3.63) is 50.3 Å². The van der Waals surface area contributed by atoms with Crippen molar-refractivity contribution in [1.29, 1.82) is 0 Å². The third kappa shape index (κ3) is 4.01. The highest BCUT2D eigenvalue weighted by Gasteiger charge is 2.30. The number of carbonyl (C=O) groups is 2. The van der Waals surface area contributed by atoms with E-state index in [1.165, 1.54) is 16.2 Å². The van der Waals surface area contributed by atoms with Crippen LogP contribution in [-0.2, 0) is 17.6 Å². The Bertz CT molecular complexity index is 830. The smallest absolute Gasteiger partial charge is 0.341 e. The number of amides is 1. The molecule has 0 radical (unpaired) electrons. The summed E-state index contributed by atoms with van der Waals surface area (Å²) in [5.41, 5.74) is 2.15. The molecule has 0 saturated heterocycles. The van der Waals surface area contributed by atoms with E-state index in [1.54, 1.807) is 19.1 Å². The third-order valence-corrected chi connectivity index (χ3v) is 6.40. The first-order chi connectivity index (χ1) is 12.5. The van der Waals surface area contributed by atoms with Crippen LogP contribution in [0.5, 0.6) is 0 Å². The molecule has 3 rings (SSSR count). The zero-order valence-electron chi connectivity index (χ0n) is 14.9. The molecule has 0 aliphatic heterocycles. The Kier molecular flexibility index (Phi) is 6.14. The average Bonchev–Trinajstić information content (AvgIpc) is 2.98. The lowest BCUT2D eigenvalue weighted by atomic mass is 9.85. The van der Waals surface area contributed by atoms with E-state index in [1.807, 2.05) is 12.1 Å². The topological polar surface area (TPSA) is 55.4 Å². The van der Waals surface area contributed by atoms with Gasteiger partial charge in [-0.3, -0.25) is 4.79 Å². The van der Waals surface area contributed by atoms with Gasteiger partial charge in [-0.15, -0.1) is 11.3 Å². The molecule has 1 amide bonds. The number of rotatable bonds is 5. The summed E-state index contributed by atoms with van der Waals surface area (Å²) in [7, 11) is 0. The molecule has 4 nitrogen and oxygen atoms in total. The minimum absolute atomic E-state index is 0.220. The van der Waals surface area contributed by atoms with Crippen LogP contribution < -0.4 is 5.32 Å². The van der Waals surface area contributed by atoms with Crippen LogP contribution in [0.2, 0.25) is 0 Å². The number of thiophene rings is 1. The molecule has 0 saturated carbocycles. The van der Waals surface area contributed by atoms with Crippen molar-refractivity contribution in [2.45, 2.75) is 39.5 Å². The monoisotopic (exact) mass is 435 g/mol. The minimum Gasteiger partial charge on any atom is -0.462 e. The number of carbonyl (C=O) groups excluding carboxylic acids is 2. The largest absolute Gasteiger partial charge is 0.462 e. The van der Waals surface area contributed by atoms with E-state index < -0.39 is 0 Å². The van der Waals surface area contributed by atoms with Gasteiger partial charge in [-0.1, -0.05) is 35.3 Å². The van der Waals surface area contributed by atoms with Gasteiger partial charge in [-0.05, 0) is 55.9 Å². The molecule has 0 spiro atoms. The molecule has 1 aliphatic carbocycles. The summed E-state index contributed by atoms with van der Waals surface area (Å²) >= 11 is 4.90. The van der Waals surface area contributed by atoms with Gasteiger partial charge < -0.3 is 10.1 Å². The number of nitrogens with one attached hydrogen (secondary N) is 1. The molecule has 1 unspecified atom stereocenters. The van der Waals surface area contributed by atoms with Crippen LogP contribution in [0.4, 0.5) is 5.00 Å². The molecule has 26 heavy (non-hydrogen) atoms. The fourth-order valence-corrected chi connectivity index (χ4v) is 5.06. The second kappa shape index (κ2) is 8.35. The Hall–Kier alpha value is -1.66. The molecule has 1 atom stereocenters. The second-order valence-corrected chi connectivity index (χ2v) is 8.43. The molecule has 6 heteroatoms. The fraction of sp³-hybridized carbons (Fsp3) is 0.400. The van der Waals surface area contributed by atoms with Gasteiger partial charge >= 0.3 is 5.97 Å². The summed E-state index contributed by atoms with van der Waals surface area (Å²) < 4.78 is 6.10. The number of anilines is 1. The highest BCUT2D eigenvalue weighted by molar-refractivity contribution is 9.10. The van der Waals surface area contributed by atoms with Gasteiger partial charge in [0, 0.05) is 14.9 Å². The Morgan fingerprint density at radius 3 is 2.85 bits per heavy atom. The Balaban J connectivity index is 1.94. The Labute approximate surface area is 166 Å². The van der Waals surface area contributed by atoms with Crippen molar-refractivity contribution in [2.24, 2.45) is 5.92 Å². The lowest BCUT2D eigenvalue weighted by molar-refractivity contribution is 0.0526. The Morgan fingerprint density at radius 2 is 2.15 bits per heavy atom. The van der Waals surface area contributed by atoms with Crippen LogP contribution in [-0.4, -0.2) is 18.5 Å². The van der Waals surface area contributed by atoms with Crippen molar-refractivity contribution in [3.8, 4) is 0 Å². The van der Waals surface area contributed by atoms with Gasteiger partial charge in [-0.25, -0.2) is 4.79 Å². The molecule has 1 heterocycles. The summed E-state index contributed by atoms with van der Waals surface area (Å²) in [6, 6.07) is 7.21. The fourth-order valence-electron chi connectivity index (χ4n) is 3.31. The number of hydrogen-bond donors (Lipinski definition) is 1. The number of fused-ring (bicyclic) bond motifs is 1. The average molecular weight is 436 g/mol. The van der Waals surface area contributed by atoms with E-state index in [0.29, 0.717) is 28.7 Å². The van der Waals surface area contributed by atoms with Gasteiger partial charge in [0.2, 0.25) is 0 Å². The molecule has 1 aromatic heterocycles. The number of esters is 1. The maximum atomic E-state index is 12.7. The minimum atomic E-state index is -0.343. The number of halogens is 1. The normalized spacial score (nSPS) is 16.0. The van der Waals surface area contributed by atoms with E-state index in [2.05, 4.69) is 28.2 Å². The summed E-state index contributed by atoms with van der Waals surface area (Å²) in [4.78, 5) is 26.4. The van der Waals surface area contributed by atoms with E-state index in [9.17, 15) is 9.59 Å². The Morgan fingerprint density at radius 1 is 1.35 bits per heavy atom. The molecule has 1 aliphatic rings. The van der Waals surface area contributed by atoms with Crippen LogP contribution in [0.25, 0.3) is 0 Å². The van der Waals surface area contributed by atoms with Crippen LogP contribution >= 0.6 is 27.3 Å². The summed E-state index contributed by atoms with van der Waals surface area (Å²) in [6.07, 6.45) is 4.04. The zero-order valence-corrected chi connectivity index (χ0v) is 17.3. The summed E-state index contributed by atoms with van der Waals surface area (Å²) in [6.45, 7) is 4.31. The van der Waals surface area contributed by atoms with Gasteiger partial charge in [0.15, 0.2) is 0 Å². The molecule has 2 aromatic rings. The third-order valence-electron chi connectivity index (χ3n) is 4.74. The van der Waals surface area contributed by atoms with Crippen molar-refractivity contribution >= 4 is 44.1 Å². The van der Waals surface area contributed by atoms with Crippen molar-refractivity contribution in [1.82, 2.24) is 0 Å². The van der Waals surface area contributed by atoms with Gasteiger partial charge in [-0.2, -0.15) is 0 Å². The van der Waals surface area contributed by atoms with Crippen LogP contribution in [0.3, 0.4) is 0 Å². The van der Waals surface area contributed by atoms with Crippen molar-refractivity contribution < 1.29 is 14.3 Å². The van der Waals surface area contributed by atoms with Gasteiger partial charge in [0.05, 0.1) is 12.2 Å². The van der Waals surface area contributed by atoms with Gasteiger partial charge in [0.25, 0.3) is 5.91 Å². The van der Waals surface area contributed by atoms with E-state index in [-0.39, 0.29) is 11.9 Å². The SMILES string of the molecule is CCOC(=O)c1c(NC(=O)c2cccc(Br)c2)sc2c1CCC(CC)C2. The molecular formula is C20H22BrNO3S. The predicted molar refractivity (Wildman–Crippen MR) is 108 cm³/mol. The quantitative estimate of drug-likeness (QED) is 0.634. The van der Waals surface area contributed by atoms with Crippen molar-refractivity contribution in [3.63, 3.8) is 0 Å². The number of ether oxygens (including phenoxy) is 1. The maximum absolute atomic E-state index is 12.7. The molecule has 0 fully saturated rings. The molecule has 138 valence electrons. The lowest BCUT2D eigenvalue weighted by Gasteiger charge is -2.20. The molecular weight excluding hydrogens is 414 g/mol. The summed E-state index contributed by atoms with van der Waals surface area (Å²) in [5.74, 6) is 0.0804. The molecule has 0 bridgehead atoms. The van der Waals surface area contributed by atoms with Crippen LogP contribution in [0, 0.1) is 5.92 Å². The van der Waals surface area contributed by atoms with E-state index in [0.717, 1.165) is 35.7 Å².